The molecule has 1 aromatic rings. The second-order valence-corrected chi connectivity index (χ2v) is 3.22. The molecular formula is C11H11ClO3. The first-order valence-corrected chi connectivity index (χ1v) is 4.84. The summed E-state index contributed by atoms with van der Waals surface area (Å²) in [5, 5.41) is 9.91. The maximum Gasteiger partial charge on any atom is 0.330 e. The third-order valence-corrected chi connectivity index (χ3v) is 1.91. The Labute approximate surface area is 92.9 Å². The summed E-state index contributed by atoms with van der Waals surface area (Å²) in [6, 6.07) is 4.60. The lowest BCUT2D eigenvalue weighted by molar-refractivity contribution is -0.137. The topological polar surface area (TPSA) is 46.5 Å². The van der Waals surface area contributed by atoms with Gasteiger partial charge in [-0.05, 0) is 31.2 Å². The maximum atomic E-state index is 11.0. The molecule has 15 heavy (non-hydrogen) atoms. The predicted octanol–water partition coefficient (Wildman–Crippen LogP) is 2.62. The number of aromatic hydroxyl groups is 1. The SMILES string of the molecule is CCOC(=O)/C=C/c1cc(Cl)ccc1O. The van der Waals surface area contributed by atoms with Crippen molar-refractivity contribution in [2.24, 2.45) is 0 Å². The number of hydrogen-bond donors (Lipinski definition) is 1. The second kappa shape index (κ2) is 5.41. The van der Waals surface area contributed by atoms with E-state index in [1.165, 1.54) is 18.2 Å². The van der Waals surface area contributed by atoms with E-state index in [4.69, 9.17) is 16.3 Å². The molecule has 0 saturated heterocycles. The van der Waals surface area contributed by atoms with Crippen molar-refractivity contribution in [1.82, 2.24) is 0 Å². The van der Waals surface area contributed by atoms with Crippen LogP contribution in [0.25, 0.3) is 6.08 Å². The smallest absolute Gasteiger partial charge is 0.330 e. The van der Waals surface area contributed by atoms with Crippen LogP contribution in [0, 0.1) is 0 Å². The lowest BCUT2D eigenvalue weighted by atomic mass is 10.2. The van der Waals surface area contributed by atoms with Crippen molar-refractivity contribution in [2.45, 2.75) is 6.92 Å². The van der Waals surface area contributed by atoms with Crippen LogP contribution in [0.15, 0.2) is 24.3 Å². The molecule has 1 aromatic carbocycles. The molecule has 0 bridgehead atoms. The molecule has 80 valence electrons. The van der Waals surface area contributed by atoms with Crippen molar-refractivity contribution < 1.29 is 14.6 Å². The van der Waals surface area contributed by atoms with E-state index in [9.17, 15) is 9.90 Å². The molecule has 1 N–H and O–H groups in total. The van der Waals surface area contributed by atoms with E-state index < -0.39 is 5.97 Å². The predicted molar refractivity (Wildman–Crippen MR) is 58.8 cm³/mol. The summed E-state index contributed by atoms with van der Waals surface area (Å²) in [5.74, 6) is -0.378. The summed E-state index contributed by atoms with van der Waals surface area (Å²) in [6.07, 6.45) is 2.70. The molecule has 1 rings (SSSR count). The minimum absolute atomic E-state index is 0.0694. The Bertz CT molecular complexity index is 385. The van der Waals surface area contributed by atoms with Crippen LogP contribution in [-0.2, 0) is 9.53 Å². The summed E-state index contributed by atoms with van der Waals surface area (Å²) in [4.78, 5) is 11.0. The highest BCUT2D eigenvalue weighted by molar-refractivity contribution is 6.30. The molecule has 0 amide bonds. The van der Waals surface area contributed by atoms with Crippen molar-refractivity contribution >= 4 is 23.6 Å². The number of rotatable bonds is 3. The highest BCUT2D eigenvalue weighted by Crippen LogP contribution is 2.22. The number of ether oxygens (including phenoxy) is 1. The zero-order valence-electron chi connectivity index (χ0n) is 8.24. The van der Waals surface area contributed by atoms with Crippen LogP contribution >= 0.6 is 11.6 Å². The highest BCUT2D eigenvalue weighted by Gasteiger charge is 1.99. The molecule has 0 aliphatic heterocycles. The van der Waals surface area contributed by atoms with Crippen LogP contribution in [0.2, 0.25) is 5.02 Å². The van der Waals surface area contributed by atoms with Gasteiger partial charge in [-0.2, -0.15) is 0 Å². The minimum atomic E-state index is -0.447. The summed E-state index contributed by atoms with van der Waals surface area (Å²) in [7, 11) is 0. The highest BCUT2D eigenvalue weighted by atomic mass is 35.5. The molecule has 0 saturated carbocycles. The van der Waals surface area contributed by atoms with Gasteiger partial charge in [-0.1, -0.05) is 11.6 Å². The standard InChI is InChI=1S/C11H11ClO3/c1-2-15-11(14)6-3-8-7-9(12)4-5-10(8)13/h3-7,13H,2H2,1H3/b6-3+. The van der Waals surface area contributed by atoms with Crippen LogP contribution in [0.3, 0.4) is 0 Å². The van der Waals surface area contributed by atoms with E-state index >= 15 is 0 Å². The van der Waals surface area contributed by atoms with Crippen molar-refractivity contribution in [3.05, 3.63) is 34.9 Å². The molecule has 0 spiro atoms. The Morgan fingerprint density at radius 1 is 1.60 bits per heavy atom. The average molecular weight is 227 g/mol. The van der Waals surface area contributed by atoms with Gasteiger partial charge in [0.1, 0.15) is 5.75 Å². The molecule has 4 heteroatoms. The first kappa shape index (κ1) is 11.6. The monoisotopic (exact) mass is 226 g/mol. The van der Waals surface area contributed by atoms with E-state index in [-0.39, 0.29) is 5.75 Å². The van der Waals surface area contributed by atoms with Gasteiger partial charge >= 0.3 is 5.97 Å². The van der Waals surface area contributed by atoms with Crippen molar-refractivity contribution in [3.8, 4) is 5.75 Å². The number of phenolic OH excluding ortho intramolecular Hbond substituents is 1. The largest absolute Gasteiger partial charge is 0.507 e. The van der Waals surface area contributed by atoms with Crippen molar-refractivity contribution in [2.75, 3.05) is 6.61 Å². The molecule has 0 radical (unpaired) electrons. The molecule has 0 aliphatic carbocycles. The molecule has 0 fully saturated rings. The van der Waals surface area contributed by atoms with E-state index in [2.05, 4.69) is 0 Å². The molecule has 0 aliphatic rings. The van der Waals surface area contributed by atoms with Gasteiger partial charge in [0.15, 0.2) is 0 Å². The number of phenols is 1. The number of benzene rings is 1. The minimum Gasteiger partial charge on any atom is -0.507 e. The fraction of sp³-hybridized carbons (Fsp3) is 0.182. The third-order valence-electron chi connectivity index (χ3n) is 1.68. The van der Waals surface area contributed by atoms with Gasteiger partial charge in [0, 0.05) is 16.7 Å². The van der Waals surface area contributed by atoms with Crippen LogP contribution in [-0.4, -0.2) is 17.7 Å². The first-order valence-electron chi connectivity index (χ1n) is 4.47. The van der Waals surface area contributed by atoms with E-state index in [0.29, 0.717) is 17.2 Å². The van der Waals surface area contributed by atoms with Crippen molar-refractivity contribution in [1.29, 1.82) is 0 Å². The number of hydrogen-bond acceptors (Lipinski definition) is 3. The second-order valence-electron chi connectivity index (χ2n) is 2.79. The van der Waals surface area contributed by atoms with Crippen LogP contribution in [0.5, 0.6) is 5.75 Å². The Morgan fingerprint density at radius 2 is 2.33 bits per heavy atom. The summed E-state index contributed by atoms with van der Waals surface area (Å²) >= 11 is 5.73. The molecule has 0 aromatic heterocycles. The summed E-state index contributed by atoms with van der Waals surface area (Å²) in [5.41, 5.74) is 0.482. The summed E-state index contributed by atoms with van der Waals surface area (Å²) in [6.45, 7) is 2.05. The summed E-state index contributed by atoms with van der Waals surface area (Å²) < 4.78 is 4.69. The Hall–Kier alpha value is -1.48. The zero-order chi connectivity index (χ0) is 11.3. The number of carbonyl (C=O) groups is 1. The van der Waals surface area contributed by atoms with E-state index in [1.807, 2.05) is 0 Å². The fourth-order valence-electron chi connectivity index (χ4n) is 1.01. The molecule has 0 unspecified atom stereocenters. The van der Waals surface area contributed by atoms with Gasteiger partial charge in [0.2, 0.25) is 0 Å². The Morgan fingerprint density at radius 3 is 3.00 bits per heavy atom. The normalized spacial score (nSPS) is 10.5. The number of carbonyl (C=O) groups excluding carboxylic acids is 1. The van der Waals surface area contributed by atoms with Gasteiger partial charge in [0.05, 0.1) is 6.61 Å². The first-order chi connectivity index (χ1) is 7.13. The third kappa shape index (κ3) is 3.64. The lowest BCUT2D eigenvalue weighted by Gasteiger charge is -1.99. The van der Waals surface area contributed by atoms with Gasteiger partial charge in [-0.15, -0.1) is 0 Å². The average Bonchev–Trinajstić information content (AvgIpc) is 2.20. The maximum absolute atomic E-state index is 11.0. The van der Waals surface area contributed by atoms with Crippen LogP contribution in [0.1, 0.15) is 12.5 Å². The lowest BCUT2D eigenvalue weighted by Crippen LogP contribution is -1.98. The molecule has 0 heterocycles. The Kier molecular flexibility index (Phi) is 4.18. The molecule has 0 atom stereocenters. The fourth-order valence-corrected chi connectivity index (χ4v) is 1.19. The van der Waals surface area contributed by atoms with Crippen molar-refractivity contribution in [3.63, 3.8) is 0 Å². The van der Waals surface area contributed by atoms with Crippen LogP contribution < -0.4 is 0 Å². The van der Waals surface area contributed by atoms with Gasteiger partial charge in [0.25, 0.3) is 0 Å². The Balaban J connectivity index is 2.79. The van der Waals surface area contributed by atoms with Gasteiger partial charge in [-0.3, -0.25) is 0 Å². The zero-order valence-corrected chi connectivity index (χ0v) is 8.99. The quantitative estimate of drug-likeness (QED) is 0.637. The van der Waals surface area contributed by atoms with Gasteiger partial charge in [-0.25, -0.2) is 4.79 Å². The molecular weight excluding hydrogens is 216 g/mol. The number of halogens is 1. The van der Waals surface area contributed by atoms with Crippen LogP contribution in [0.4, 0.5) is 0 Å². The molecule has 3 nitrogen and oxygen atoms in total. The van der Waals surface area contributed by atoms with Gasteiger partial charge < -0.3 is 9.84 Å². The van der Waals surface area contributed by atoms with E-state index in [0.717, 1.165) is 0 Å². The van der Waals surface area contributed by atoms with E-state index in [1.54, 1.807) is 19.1 Å². The number of esters is 1.